The van der Waals surface area contributed by atoms with E-state index in [0.29, 0.717) is 0 Å². The van der Waals surface area contributed by atoms with Gasteiger partial charge in [0.2, 0.25) is 0 Å². The minimum absolute atomic E-state index is 0.00935. The number of nitrogens with two attached hydrogens (primary N) is 1. The molecule has 0 spiro atoms. The van der Waals surface area contributed by atoms with Crippen LogP contribution in [0.15, 0.2) is 41.0 Å². The Morgan fingerprint density at radius 1 is 1.24 bits per heavy atom. The molecule has 0 saturated carbocycles. The SMILES string of the molecule is CCc1occc1C(NN)c1ccccc1C. The molecule has 1 atom stereocenters. The number of benzene rings is 1. The van der Waals surface area contributed by atoms with E-state index in [1.54, 1.807) is 6.26 Å². The monoisotopic (exact) mass is 230 g/mol. The summed E-state index contributed by atoms with van der Waals surface area (Å²) in [6.07, 6.45) is 2.59. The third kappa shape index (κ3) is 2.25. The summed E-state index contributed by atoms with van der Waals surface area (Å²) in [4.78, 5) is 0. The Kier molecular flexibility index (Phi) is 3.61. The first-order chi connectivity index (χ1) is 8.27. The van der Waals surface area contributed by atoms with E-state index in [1.165, 1.54) is 11.1 Å². The molecule has 2 rings (SSSR count). The van der Waals surface area contributed by atoms with Gasteiger partial charge >= 0.3 is 0 Å². The minimum atomic E-state index is -0.00935. The Hall–Kier alpha value is -1.58. The molecule has 1 unspecified atom stereocenters. The molecule has 3 nitrogen and oxygen atoms in total. The van der Waals surface area contributed by atoms with E-state index in [2.05, 4.69) is 31.4 Å². The zero-order chi connectivity index (χ0) is 12.3. The van der Waals surface area contributed by atoms with Gasteiger partial charge in [-0.15, -0.1) is 0 Å². The molecule has 90 valence electrons. The van der Waals surface area contributed by atoms with Crippen LogP contribution in [0, 0.1) is 6.92 Å². The van der Waals surface area contributed by atoms with Crippen LogP contribution in [-0.2, 0) is 6.42 Å². The maximum absolute atomic E-state index is 5.70. The highest BCUT2D eigenvalue weighted by atomic mass is 16.3. The molecule has 0 fully saturated rings. The van der Waals surface area contributed by atoms with Gasteiger partial charge in [0.25, 0.3) is 0 Å². The Balaban J connectivity index is 2.44. The van der Waals surface area contributed by atoms with Gasteiger partial charge in [0.05, 0.1) is 12.3 Å². The standard InChI is InChI=1S/C14H18N2O/c1-3-13-12(8-9-17-13)14(16-15)11-7-5-4-6-10(11)2/h4-9,14,16H,3,15H2,1-2H3. The molecule has 0 aliphatic carbocycles. The van der Waals surface area contributed by atoms with Crippen LogP contribution in [0.5, 0.6) is 0 Å². The molecule has 0 saturated heterocycles. The predicted molar refractivity (Wildman–Crippen MR) is 68.4 cm³/mol. The van der Waals surface area contributed by atoms with Gasteiger partial charge < -0.3 is 4.42 Å². The van der Waals surface area contributed by atoms with Gasteiger partial charge in [0.15, 0.2) is 0 Å². The quantitative estimate of drug-likeness (QED) is 0.627. The van der Waals surface area contributed by atoms with E-state index in [0.717, 1.165) is 17.7 Å². The fourth-order valence-electron chi connectivity index (χ4n) is 2.15. The Labute approximate surface area is 102 Å². The van der Waals surface area contributed by atoms with E-state index in [9.17, 15) is 0 Å². The summed E-state index contributed by atoms with van der Waals surface area (Å²) in [5, 5.41) is 0. The summed E-state index contributed by atoms with van der Waals surface area (Å²) in [7, 11) is 0. The van der Waals surface area contributed by atoms with Crippen molar-refractivity contribution < 1.29 is 4.42 Å². The highest BCUT2D eigenvalue weighted by Crippen LogP contribution is 2.27. The number of aryl methyl sites for hydroxylation is 2. The molecule has 0 aliphatic heterocycles. The second kappa shape index (κ2) is 5.17. The maximum Gasteiger partial charge on any atom is 0.108 e. The molecule has 1 aromatic heterocycles. The summed E-state index contributed by atoms with van der Waals surface area (Å²) in [5.74, 6) is 6.68. The summed E-state index contributed by atoms with van der Waals surface area (Å²) in [6.45, 7) is 4.17. The van der Waals surface area contributed by atoms with Crippen molar-refractivity contribution in [1.29, 1.82) is 0 Å². The summed E-state index contributed by atoms with van der Waals surface area (Å²) < 4.78 is 5.46. The van der Waals surface area contributed by atoms with Crippen molar-refractivity contribution in [2.45, 2.75) is 26.3 Å². The van der Waals surface area contributed by atoms with Gasteiger partial charge in [-0.1, -0.05) is 31.2 Å². The van der Waals surface area contributed by atoms with E-state index >= 15 is 0 Å². The van der Waals surface area contributed by atoms with Crippen molar-refractivity contribution in [3.8, 4) is 0 Å². The van der Waals surface area contributed by atoms with Crippen LogP contribution in [0.1, 0.15) is 35.4 Å². The lowest BCUT2D eigenvalue weighted by Crippen LogP contribution is -2.29. The van der Waals surface area contributed by atoms with Gasteiger partial charge in [-0.3, -0.25) is 5.84 Å². The number of rotatable bonds is 4. The van der Waals surface area contributed by atoms with Gasteiger partial charge in [-0.25, -0.2) is 5.43 Å². The molecular formula is C14H18N2O. The van der Waals surface area contributed by atoms with Crippen LogP contribution in [0.2, 0.25) is 0 Å². The molecule has 3 N–H and O–H groups in total. The maximum atomic E-state index is 5.70. The van der Waals surface area contributed by atoms with Crippen LogP contribution in [0.25, 0.3) is 0 Å². The topological polar surface area (TPSA) is 51.2 Å². The highest BCUT2D eigenvalue weighted by Gasteiger charge is 2.18. The molecule has 0 aliphatic rings. The smallest absolute Gasteiger partial charge is 0.108 e. The van der Waals surface area contributed by atoms with Crippen molar-refractivity contribution in [2.24, 2.45) is 5.84 Å². The third-order valence-electron chi connectivity index (χ3n) is 3.08. The lowest BCUT2D eigenvalue weighted by atomic mass is 9.95. The molecule has 2 aromatic rings. The first kappa shape index (κ1) is 11.9. The van der Waals surface area contributed by atoms with Crippen LogP contribution in [0.3, 0.4) is 0 Å². The normalized spacial score (nSPS) is 12.6. The fourth-order valence-corrected chi connectivity index (χ4v) is 2.15. The second-order valence-electron chi connectivity index (χ2n) is 4.11. The van der Waals surface area contributed by atoms with E-state index in [1.807, 2.05) is 18.2 Å². The predicted octanol–water partition coefficient (Wildman–Crippen LogP) is 2.70. The molecule has 1 heterocycles. The molecule has 0 radical (unpaired) electrons. The number of furan rings is 1. The van der Waals surface area contributed by atoms with Gasteiger partial charge in [-0.2, -0.15) is 0 Å². The Morgan fingerprint density at radius 2 is 2.00 bits per heavy atom. The van der Waals surface area contributed by atoms with Crippen LogP contribution in [0.4, 0.5) is 0 Å². The van der Waals surface area contributed by atoms with Crippen molar-refractivity contribution in [2.75, 3.05) is 0 Å². The zero-order valence-corrected chi connectivity index (χ0v) is 10.2. The molecule has 0 amide bonds. The Bertz CT molecular complexity index is 490. The number of nitrogens with one attached hydrogen (secondary N) is 1. The fraction of sp³-hybridized carbons (Fsp3) is 0.286. The minimum Gasteiger partial charge on any atom is -0.469 e. The summed E-state index contributed by atoms with van der Waals surface area (Å²) >= 11 is 0. The van der Waals surface area contributed by atoms with Crippen molar-refractivity contribution >= 4 is 0 Å². The molecule has 3 heteroatoms. The molecule has 17 heavy (non-hydrogen) atoms. The largest absolute Gasteiger partial charge is 0.469 e. The first-order valence-electron chi connectivity index (χ1n) is 5.85. The third-order valence-corrected chi connectivity index (χ3v) is 3.08. The van der Waals surface area contributed by atoms with Crippen molar-refractivity contribution in [3.63, 3.8) is 0 Å². The van der Waals surface area contributed by atoms with E-state index in [4.69, 9.17) is 10.3 Å². The first-order valence-corrected chi connectivity index (χ1v) is 5.85. The van der Waals surface area contributed by atoms with E-state index in [-0.39, 0.29) is 6.04 Å². The van der Waals surface area contributed by atoms with E-state index < -0.39 is 0 Å². The van der Waals surface area contributed by atoms with Crippen LogP contribution >= 0.6 is 0 Å². The molecule has 0 bridgehead atoms. The van der Waals surface area contributed by atoms with Crippen molar-refractivity contribution in [1.82, 2.24) is 5.43 Å². The lowest BCUT2D eigenvalue weighted by Gasteiger charge is -2.18. The van der Waals surface area contributed by atoms with Gasteiger partial charge in [0, 0.05) is 12.0 Å². The Morgan fingerprint density at radius 3 is 2.65 bits per heavy atom. The highest BCUT2D eigenvalue weighted by molar-refractivity contribution is 5.37. The van der Waals surface area contributed by atoms with Gasteiger partial charge in [0.1, 0.15) is 5.76 Å². The molecular weight excluding hydrogens is 212 g/mol. The lowest BCUT2D eigenvalue weighted by molar-refractivity contribution is 0.502. The average molecular weight is 230 g/mol. The van der Waals surface area contributed by atoms with Crippen LogP contribution < -0.4 is 11.3 Å². The average Bonchev–Trinajstić information content (AvgIpc) is 2.81. The second-order valence-corrected chi connectivity index (χ2v) is 4.11. The van der Waals surface area contributed by atoms with Gasteiger partial charge in [-0.05, 0) is 24.1 Å². The number of hydrogen-bond acceptors (Lipinski definition) is 3. The van der Waals surface area contributed by atoms with Crippen LogP contribution in [-0.4, -0.2) is 0 Å². The number of hydrazine groups is 1. The van der Waals surface area contributed by atoms with Crippen molar-refractivity contribution in [3.05, 3.63) is 59.0 Å². The summed E-state index contributed by atoms with van der Waals surface area (Å²) in [6, 6.07) is 10.2. The zero-order valence-electron chi connectivity index (χ0n) is 10.2. The number of hydrogen-bond donors (Lipinski definition) is 2. The summed E-state index contributed by atoms with van der Waals surface area (Å²) in [5.41, 5.74) is 6.40. The molecule has 1 aromatic carbocycles.